The van der Waals surface area contributed by atoms with E-state index >= 15 is 0 Å². The Bertz CT molecular complexity index is 209. The van der Waals surface area contributed by atoms with Crippen molar-refractivity contribution in [3.05, 3.63) is 0 Å². The number of rotatable bonds is 10. The number of carbonyl (C=O) groups is 2. The van der Waals surface area contributed by atoms with Gasteiger partial charge in [-0.2, -0.15) is 0 Å². The largest absolute Gasteiger partial charge is 0.300 e. The highest BCUT2D eigenvalue weighted by molar-refractivity contribution is 5.80. The first-order chi connectivity index (χ1) is 7.57. The molecule has 0 amide bonds. The molecule has 0 spiro atoms. The molecule has 1 unspecified atom stereocenters. The highest BCUT2D eigenvalue weighted by atomic mass is 16.1. The van der Waals surface area contributed by atoms with E-state index in [1.807, 2.05) is 6.92 Å². The van der Waals surface area contributed by atoms with E-state index in [1.54, 1.807) is 6.92 Å². The fraction of sp³-hybridized carbons (Fsp3) is 0.857. The van der Waals surface area contributed by atoms with E-state index in [0.29, 0.717) is 12.2 Å². The van der Waals surface area contributed by atoms with Gasteiger partial charge in [0.05, 0.1) is 0 Å². The summed E-state index contributed by atoms with van der Waals surface area (Å²) in [6, 6.07) is 0. The van der Waals surface area contributed by atoms with Gasteiger partial charge in [0, 0.05) is 18.8 Å². The van der Waals surface area contributed by atoms with Crippen molar-refractivity contribution in [1.82, 2.24) is 0 Å². The predicted octanol–water partition coefficient (Wildman–Crippen LogP) is 3.92. The second kappa shape index (κ2) is 9.56. The average Bonchev–Trinajstić information content (AvgIpc) is 2.24. The van der Waals surface area contributed by atoms with Gasteiger partial charge in [-0.15, -0.1) is 0 Å². The molecule has 0 bridgehead atoms. The van der Waals surface area contributed by atoms with Crippen molar-refractivity contribution in [2.45, 2.75) is 72.1 Å². The SMILES string of the molecule is CCCCC(=O)C(C)CCCCCC(C)=O. The summed E-state index contributed by atoms with van der Waals surface area (Å²) in [5, 5.41) is 0. The van der Waals surface area contributed by atoms with Gasteiger partial charge in [-0.25, -0.2) is 0 Å². The van der Waals surface area contributed by atoms with E-state index in [1.165, 1.54) is 0 Å². The molecule has 2 heteroatoms. The molecule has 0 radical (unpaired) electrons. The highest BCUT2D eigenvalue weighted by Gasteiger charge is 2.11. The van der Waals surface area contributed by atoms with Crippen LogP contribution >= 0.6 is 0 Å². The van der Waals surface area contributed by atoms with Gasteiger partial charge in [-0.05, 0) is 26.2 Å². The lowest BCUT2D eigenvalue weighted by molar-refractivity contribution is -0.122. The first-order valence-electron chi connectivity index (χ1n) is 6.60. The van der Waals surface area contributed by atoms with Gasteiger partial charge < -0.3 is 4.79 Å². The van der Waals surface area contributed by atoms with Crippen molar-refractivity contribution in [3.63, 3.8) is 0 Å². The van der Waals surface area contributed by atoms with Crippen molar-refractivity contribution in [2.24, 2.45) is 5.92 Å². The summed E-state index contributed by atoms with van der Waals surface area (Å²) in [5.74, 6) is 0.893. The fourth-order valence-corrected chi connectivity index (χ4v) is 1.76. The average molecular weight is 226 g/mol. The third-order valence-electron chi connectivity index (χ3n) is 2.99. The number of ketones is 2. The molecule has 0 N–H and O–H groups in total. The molecular formula is C14H26O2. The molecule has 0 aromatic heterocycles. The predicted molar refractivity (Wildman–Crippen MR) is 67.5 cm³/mol. The molecule has 0 fully saturated rings. The molecule has 1 atom stereocenters. The minimum atomic E-state index is 0.212. The van der Waals surface area contributed by atoms with Crippen LogP contribution in [0, 0.1) is 5.92 Å². The Labute approximate surface area is 99.8 Å². The van der Waals surface area contributed by atoms with E-state index in [0.717, 1.165) is 44.9 Å². The van der Waals surface area contributed by atoms with Crippen LogP contribution in [-0.2, 0) is 9.59 Å². The van der Waals surface area contributed by atoms with Crippen LogP contribution in [0.15, 0.2) is 0 Å². The summed E-state index contributed by atoms with van der Waals surface area (Å²) in [4.78, 5) is 22.3. The van der Waals surface area contributed by atoms with Crippen LogP contribution in [0.5, 0.6) is 0 Å². The topological polar surface area (TPSA) is 34.1 Å². The molecule has 0 aliphatic heterocycles. The maximum atomic E-state index is 11.6. The van der Waals surface area contributed by atoms with Crippen LogP contribution in [0.25, 0.3) is 0 Å². The third-order valence-corrected chi connectivity index (χ3v) is 2.99. The van der Waals surface area contributed by atoms with Crippen LogP contribution in [0.1, 0.15) is 72.1 Å². The van der Waals surface area contributed by atoms with Crippen molar-refractivity contribution < 1.29 is 9.59 Å². The Kier molecular flexibility index (Phi) is 9.16. The van der Waals surface area contributed by atoms with E-state index in [-0.39, 0.29) is 11.7 Å². The number of carbonyl (C=O) groups excluding carboxylic acids is 2. The molecular weight excluding hydrogens is 200 g/mol. The Morgan fingerprint density at radius 2 is 1.69 bits per heavy atom. The Morgan fingerprint density at radius 3 is 2.25 bits per heavy atom. The molecule has 0 aromatic carbocycles. The Hall–Kier alpha value is -0.660. The number of Topliss-reactive ketones (excluding diaryl/α,β-unsaturated/α-hetero) is 2. The molecule has 0 aliphatic rings. The van der Waals surface area contributed by atoms with Crippen LogP contribution in [-0.4, -0.2) is 11.6 Å². The van der Waals surface area contributed by atoms with E-state index < -0.39 is 0 Å². The van der Waals surface area contributed by atoms with Crippen molar-refractivity contribution >= 4 is 11.6 Å². The monoisotopic (exact) mass is 226 g/mol. The molecule has 0 saturated carbocycles. The van der Waals surface area contributed by atoms with Crippen molar-refractivity contribution in [3.8, 4) is 0 Å². The molecule has 0 saturated heterocycles. The van der Waals surface area contributed by atoms with Crippen LogP contribution in [0.3, 0.4) is 0 Å². The molecule has 2 nitrogen and oxygen atoms in total. The lowest BCUT2D eigenvalue weighted by Gasteiger charge is -2.09. The lowest BCUT2D eigenvalue weighted by Crippen LogP contribution is -2.10. The van der Waals surface area contributed by atoms with Gasteiger partial charge in [0.2, 0.25) is 0 Å². The molecule has 0 heterocycles. The number of hydrogen-bond donors (Lipinski definition) is 0. The second-order valence-corrected chi connectivity index (χ2v) is 4.77. The van der Waals surface area contributed by atoms with Gasteiger partial charge in [0.25, 0.3) is 0 Å². The van der Waals surface area contributed by atoms with E-state index in [2.05, 4.69) is 6.92 Å². The minimum absolute atomic E-state index is 0.212. The molecule has 0 aromatic rings. The maximum absolute atomic E-state index is 11.6. The van der Waals surface area contributed by atoms with E-state index in [4.69, 9.17) is 0 Å². The maximum Gasteiger partial charge on any atom is 0.135 e. The standard InChI is InChI=1S/C14H26O2/c1-4-5-11-14(16)12(2)9-7-6-8-10-13(3)15/h12H,4-11H2,1-3H3. The van der Waals surface area contributed by atoms with Gasteiger partial charge >= 0.3 is 0 Å². The van der Waals surface area contributed by atoms with Gasteiger partial charge in [-0.3, -0.25) is 4.79 Å². The molecule has 0 rings (SSSR count). The Balaban J connectivity index is 3.45. The quantitative estimate of drug-likeness (QED) is 0.529. The Morgan fingerprint density at radius 1 is 1.00 bits per heavy atom. The fourth-order valence-electron chi connectivity index (χ4n) is 1.76. The zero-order valence-corrected chi connectivity index (χ0v) is 11.1. The zero-order valence-electron chi connectivity index (χ0n) is 11.1. The zero-order chi connectivity index (χ0) is 12.4. The number of hydrogen-bond acceptors (Lipinski definition) is 2. The summed E-state index contributed by atoms with van der Waals surface area (Å²) in [6.07, 6.45) is 7.66. The summed E-state index contributed by atoms with van der Waals surface area (Å²) in [5.41, 5.74) is 0. The van der Waals surface area contributed by atoms with Crippen LogP contribution < -0.4 is 0 Å². The summed E-state index contributed by atoms with van der Waals surface area (Å²) in [6.45, 7) is 5.78. The van der Waals surface area contributed by atoms with Gasteiger partial charge in [0.15, 0.2) is 0 Å². The minimum Gasteiger partial charge on any atom is -0.300 e. The highest BCUT2D eigenvalue weighted by Crippen LogP contribution is 2.14. The summed E-state index contributed by atoms with van der Waals surface area (Å²) < 4.78 is 0. The van der Waals surface area contributed by atoms with Crippen molar-refractivity contribution in [1.29, 1.82) is 0 Å². The smallest absolute Gasteiger partial charge is 0.135 e. The normalized spacial score (nSPS) is 12.4. The first kappa shape index (κ1) is 15.3. The summed E-state index contributed by atoms with van der Waals surface area (Å²) >= 11 is 0. The number of unbranched alkanes of at least 4 members (excludes halogenated alkanes) is 3. The first-order valence-corrected chi connectivity index (χ1v) is 6.60. The van der Waals surface area contributed by atoms with E-state index in [9.17, 15) is 9.59 Å². The summed E-state index contributed by atoms with van der Waals surface area (Å²) in [7, 11) is 0. The molecule has 94 valence electrons. The van der Waals surface area contributed by atoms with Crippen molar-refractivity contribution in [2.75, 3.05) is 0 Å². The molecule has 0 aliphatic carbocycles. The second-order valence-electron chi connectivity index (χ2n) is 4.77. The third kappa shape index (κ3) is 8.63. The van der Waals surface area contributed by atoms with Gasteiger partial charge in [0.1, 0.15) is 11.6 Å². The van der Waals surface area contributed by atoms with Gasteiger partial charge in [-0.1, -0.05) is 33.1 Å². The van der Waals surface area contributed by atoms with Crippen LogP contribution in [0.2, 0.25) is 0 Å². The molecule has 16 heavy (non-hydrogen) atoms. The van der Waals surface area contributed by atoms with Crippen LogP contribution in [0.4, 0.5) is 0 Å². The lowest BCUT2D eigenvalue weighted by atomic mass is 9.95.